The largest absolute Gasteiger partial charge is 0.353 e. The Bertz CT molecular complexity index is 672. The number of amides is 1. The molecule has 0 aliphatic carbocycles. The molecular weight excluding hydrogens is 362 g/mol. The van der Waals surface area contributed by atoms with Crippen molar-refractivity contribution in [3.63, 3.8) is 0 Å². The van der Waals surface area contributed by atoms with E-state index < -0.39 is 0 Å². The van der Waals surface area contributed by atoms with E-state index in [-0.39, 0.29) is 5.91 Å². The van der Waals surface area contributed by atoms with Crippen LogP contribution >= 0.6 is 27.3 Å². The zero-order valence-corrected chi connectivity index (χ0v) is 15.0. The highest BCUT2D eigenvalue weighted by molar-refractivity contribution is 9.10. The van der Waals surface area contributed by atoms with Gasteiger partial charge in [0.1, 0.15) is 0 Å². The molecule has 1 aliphatic heterocycles. The van der Waals surface area contributed by atoms with Crippen molar-refractivity contribution in [3.8, 4) is 0 Å². The van der Waals surface area contributed by atoms with Crippen LogP contribution in [-0.4, -0.2) is 29.5 Å². The Hall–Kier alpha value is -0.980. The van der Waals surface area contributed by atoms with Crippen molar-refractivity contribution >= 4 is 43.4 Å². The molecular formula is C16H20BrN3OS. The lowest BCUT2D eigenvalue weighted by atomic mass is 10.0. The lowest BCUT2D eigenvalue weighted by Crippen LogP contribution is -2.46. The van der Waals surface area contributed by atoms with Crippen molar-refractivity contribution < 1.29 is 4.79 Å². The first kappa shape index (κ1) is 15.9. The molecule has 4 nitrogen and oxygen atoms in total. The van der Waals surface area contributed by atoms with Gasteiger partial charge < -0.3 is 10.6 Å². The number of hydrogen-bond donors (Lipinski definition) is 2. The van der Waals surface area contributed by atoms with Gasteiger partial charge in [-0.3, -0.25) is 4.79 Å². The molecule has 1 fully saturated rings. The number of nitrogens with one attached hydrogen (secondary N) is 2. The van der Waals surface area contributed by atoms with Crippen molar-refractivity contribution in [2.24, 2.45) is 0 Å². The molecule has 2 unspecified atom stereocenters. The average Bonchev–Trinajstić information content (AvgIpc) is 2.87. The molecule has 0 radical (unpaired) electrons. The Morgan fingerprint density at radius 2 is 2.41 bits per heavy atom. The minimum Gasteiger partial charge on any atom is -0.353 e. The van der Waals surface area contributed by atoms with E-state index in [1.165, 1.54) is 4.70 Å². The number of thiazole rings is 1. The van der Waals surface area contributed by atoms with Gasteiger partial charge in [0.25, 0.3) is 0 Å². The summed E-state index contributed by atoms with van der Waals surface area (Å²) >= 11 is 5.13. The fourth-order valence-electron chi connectivity index (χ4n) is 2.84. The smallest absolute Gasteiger partial charge is 0.220 e. The van der Waals surface area contributed by atoms with Crippen molar-refractivity contribution in [1.82, 2.24) is 15.6 Å². The summed E-state index contributed by atoms with van der Waals surface area (Å²) < 4.78 is 2.21. The summed E-state index contributed by atoms with van der Waals surface area (Å²) in [4.78, 5) is 16.7. The van der Waals surface area contributed by atoms with Crippen LogP contribution in [0.3, 0.4) is 0 Å². The van der Waals surface area contributed by atoms with E-state index in [0.29, 0.717) is 24.9 Å². The highest BCUT2D eigenvalue weighted by atomic mass is 79.9. The van der Waals surface area contributed by atoms with Gasteiger partial charge in [0.2, 0.25) is 5.91 Å². The predicted molar refractivity (Wildman–Crippen MR) is 94.3 cm³/mol. The molecule has 0 bridgehead atoms. The first-order chi connectivity index (χ1) is 10.6. The normalized spacial score (nSPS) is 21.9. The van der Waals surface area contributed by atoms with Crippen LogP contribution in [0.25, 0.3) is 10.2 Å². The minimum absolute atomic E-state index is 0.138. The summed E-state index contributed by atoms with van der Waals surface area (Å²) in [5.41, 5.74) is 1.00. The van der Waals surface area contributed by atoms with Crippen molar-refractivity contribution in [3.05, 3.63) is 27.7 Å². The number of carbonyl (C=O) groups excluding carboxylic acids is 1. The number of hydrogen-bond acceptors (Lipinski definition) is 4. The zero-order chi connectivity index (χ0) is 15.5. The van der Waals surface area contributed by atoms with E-state index in [1.54, 1.807) is 11.3 Å². The first-order valence-corrected chi connectivity index (χ1v) is 9.29. The molecule has 2 heterocycles. The van der Waals surface area contributed by atoms with Crippen LogP contribution in [0.1, 0.15) is 31.2 Å². The van der Waals surface area contributed by atoms with E-state index in [2.05, 4.69) is 44.5 Å². The molecule has 0 spiro atoms. The maximum atomic E-state index is 12.1. The van der Waals surface area contributed by atoms with Crippen LogP contribution in [0.15, 0.2) is 22.7 Å². The second-order valence-electron chi connectivity index (χ2n) is 5.86. The third kappa shape index (κ3) is 4.06. The highest BCUT2D eigenvalue weighted by Crippen LogP contribution is 2.25. The first-order valence-electron chi connectivity index (χ1n) is 7.68. The number of benzene rings is 1. The lowest BCUT2D eigenvalue weighted by molar-refractivity contribution is -0.122. The molecule has 1 saturated heterocycles. The van der Waals surface area contributed by atoms with Crippen LogP contribution in [0.2, 0.25) is 0 Å². The topological polar surface area (TPSA) is 54.0 Å². The number of fused-ring (bicyclic) bond motifs is 1. The van der Waals surface area contributed by atoms with Gasteiger partial charge in [-0.1, -0.05) is 15.9 Å². The van der Waals surface area contributed by atoms with E-state index in [0.717, 1.165) is 34.4 Å². The summed E-state index contributed by atoms with van der Waals surface area (Å²) in [7, 11) is 0. The summed E-state index contributed by atoms with van der Waals surface area (Å²) in [5.74, 6) is 0.138. The SMILES string of the molecule is CC1CC(NC(=O)CCc2nc3cc(Br)ccc3s2)CCN1. The molecule has 1 aliphatic rings. The Morgan fingerprint density at radius 3 is 3.23 bits per heavy atom. The maximum absolute atomic E-state index is 12.1. The van der Waals surface area contributed by atoms with E-state index in [9.17, 15) is 4.79 Å². The average molecular weight is 382 g/mol. The number of aromatic nitrogens is 1. The van der Waals surface area contributed by atoms with E-state index in [4.69, 9.17) is 0 Å². The highest BCUT2D eigenvalue weighted by Gasteiger charge is 2.19. The molecule has 1 amide bonds. The van der Waals surface area contributed by atoms with Crippen molar-refractivity contribution in [2.45, 2.75) is 44.7 Å². The van der Waals surface area contributed by atoms with Gasteiger partial charge in [-0.25, -0.2) is 4.98 Å². The Balaban J connectivity index is 1.53. The molecule has 2 N–H and O–H groups in total. The summed E-state index contributed by atoms with van der Waals surface area (Å²) in [6.45, 7) is 3.15. The Labute approximate surface area is 142 Å². The zero-order valence-electron chi connectivity index (χ0n) is 12.6. The number of carbonyl (C=O) groups is 1. The van der Waals surface area contributed by atoms with Gasteiger partial charge in [0, 0.05) is 29.4 Å². The number of aryl methyl sites for hydroxylation is 1. The predicted octanol–water partition coefficient (Wildman–Crippen LogP) is 3.25. The fourth-order valence-corrected chi connectivity index (χ4v) is 4.13. The molecule has 1 aromatic heterocycles. The second kappa shape index (κ2) is 7.06. The van der Waals surface area contributed by atoms with Crippen LogP contribution in [0, 0.1) is 0 Å². The fraction of sp³-hybridized carbons (Fsp3) is 0.500. The number of rotatable bonds is 4. The van der Waals surface area contributed by atoms with Crippen LogP contribution in [-0.2, 0) is 11.2 Å². The van der Waals surface area contributed by atoms with Crippen LogP contribution in [0.4, 0.5) is 0 Å². The third-order valence-corrected chi connectivity index (χ3v) is 5.54. The summed E-state index contributed by atoms with van der Waals surface area (Å²) in [6.07, 6.45) is 3.26. The standard InChI is InChI=1S/C16H20BrN3OS/c1-10-8-12(6-7-18-10)19-15(21)4-5-16-20-13-9-11(17)2-3-14(13)22-16/h2-3,9-10,12,18H,4-8H2,1H3,(H,19,21). The Kier molecular flexibility index (Phi) is 5.10. The molecule has 1 aromatic carbocycles. The Morgan fingerprint density at radius 1 is 1.55 bits per heavy atom. The van der Waals surface area contributed by atoms with Crippen LogP contribution < -0.4 is 10.6 Å². The molecule has 6 heteroatoms. The third-order valence-electron chi connectivity index (χ3n) is 3.95. The van der Waals surface area contributed by atoms with Crippen LogP contribution in [0.5, 0.6) is 0 Å². The van der Waals surface area contributed by atoms with Gasteiger partial charge >= 0.3 is 0 Å². The molecule has 118 valence electrons. The molecule has 0 saturated carbocycles. The number of piperidine rings is 1. The van der Waals surface area contributed by atoms with Gasteiger partial charge in [0.05, 0.1) is 15.2 Å². The molecule has 2 aromatic rings. The lowest BCUT2D eigenvalue weighted by Gasteiger charge is -2.28. The van der Waals surface area contributed by atoms with Crippen molar-refractivity contribution in [1.29, 1.82) is 0 Å². The second-order valence-corrected chi connectivity index (χ2v) is 7.89. The van der Waals surface area contributed by atoms with Gasteiger partial charge in [-0.2, -0.15) is 0 Å². The molecule has 3 rings (SSSR count). The van der Waals surface area contributed by atoms with E-state index in [1.807, 2.05) is 12.1 Å². The number of nitrogens with zero attached hydrogens (tertiary/aromatic N) is 1. The number of halogens is 1. The summed E-state index contributed by atoms with van der Waals surface area (Å²) in [5, 5.41) is 7.58. The van der Waals surface area contributed by atoms with Crippen molar-refractivity contribution in [2.75, 3.05) is 6.54 Å². The van der Waals surface area contributed by atoms with Gasteiger partial charge in [-0.05, 0) is 44.5 Å². The van der Waals surface area contributed by atoms with Gasteiger partial charge in [-0.15, -0.1) is 11.3 Å². The quantitative estimate of drug-likeness (QED) is 0.854. The molecule has 22 heavy (non-hydrogen) atoms. The van der Waals surface area contributed by atoms with Gasteiger partial charge in [0.15, 0.2) is 0 Å². The summed E-state index contributed by atoms with van der Waals surface area (Å²) in [6, 6.07) is 6.91. The maximum Gasteiger partial charge on any atom is 0.220 e. The molecule has 2 atom stereocenters. The minimum atomic E-state index is 0.138. The monoisotopic (exact) mass is 381 g/mol. The van der Waals surface area contributed by atoms with E-state index >= 15 is 0 Å².